The summed E-state index contributed by atoms with van der Waals surface area (Å²) in [5.41, 5.74) is 1.10. The standard InChI is InChI=1S/C17H26N2O3/c1-12(10-15(20)18-5)19-11-13-6-8-14(9-7-13)16(21)22-17(2,3)4/h6-9,12,19H,10-11H2,1-5H3,(H,18,20). The first kappa shape index (κ1) is 18.2. The van der Waals surface area contributed by atoms with Gasteiger partial charge in [-0.05, 0) is 45.4 Å². The molecule has 0 saturated carbocycles. The molecule has 0 aliphatic rings. The predicted molar refractivity (Wildman–Crippen MR) is 86.6 cm³/mol. The Morgan fingerprint density at radius 3 is 2.27 bits per heavy atom. The van der Waals surface area contributed by atoms with Crippen LogP contribution in [0.4, 0.5) is 0 Å². The molecule has 0 aliphatic carbocycles. The van der Waals surface area contributed by atoms with Crippen molar-refractivity contribution in [2.45, 2.75) is 52.3 Å². The molecular formula is C17H26N2O3. The molecule has 0 bridgehead atoms. The highest BCUT2D eigenvalue weighted by molar-refractivity contribution is 5.89. The molecule has 5 heteroatoms. The molecule has 0 saturated heterocycles. The summed E-state index contributed by atoms with van der Waals surface area (Å²) in [7, 11) is 1.63. The molecule has 0 radical (unpaired) electrons. The number of benzene rings is 1. The maximum atomic E-state index is 11.9. The van der Waals surface area contributed by atoms with Crippen molar-refractivity contribution in [3.63, 3.8) is 0 Å². The third-order valence-electron chi connectivity index (χ3n) is 3.01. The molecule has 1 atom stereocenters. The average Bonchev–Trinajstić information content (AvgIpc) is 2.43. The van der Waals surface area contributed by atoms with Crippen LogP contribution >= 0.6 is 0 Å². The Hall–Kier alpha value is -1.88. The summed E-state index contributed by atoms with van der Waals surface area (Å²) in [6, 6.07) is 7.38. The molecule has 1 amide bonds. The van der Waals surface area contributed by atoms with Crippen LogP contribution in [0.2, 0.25) is 0 Å². The Bertz CT molecular complexity index is 504. The minimum Gasteiger partial charge on any atom is -0.456 e. The number of ether oxygens (including phenoxy) is 1. The maximum Gasteiger partial charge on any atom is 0.338 e. The van der Waals surface area contributed by atoms with E-state index in [9.17, 15) is 9.59 Å². The van der Waals surface area contributed by atoms with Gasteiger partial charge in [-0.25, -0.2) is 4.79 Å². The Morgan fingerprint density at radius 1 is 1.18 bits per heavy atom. The van der Waals surface area contributed by atoms with Gasteiger partial charge in [-0.1, -0.05) is 12.1 Å². The normalized spacial score (nSPS) is 12.6. The zero-order valence-corrected chi connectivity index (χ0v) is 14.0. The van der Waals surface area contributed by atoms with Crippen molar-refractivity contribution >= 4 is 11.9 Å². The summed E-state index contributed by atoms with van der Waals surface area (Å²) in [6.07, 6.45) is 0.437. The molecule has 2 N–H and O–H groups in total. The lowest BCUT2D eigenvalue weighted by Gasteiger charge is -2.19. The third kappa shape index (κ3) is 6.72. The maximum absolute atomic E-state index is 11.9. The van der Waals surface area contributed by atoms with E-state index in [2.05, 4.69) is 10.6 Å². The van der Waals surface area contributed by atoms with Crippen LogP contribution in [0.1, 0.15) is 50.0 Å². The quantitative estimate of drug-likeness (QED) is 0.791. The number of nitrogens with one attached hydrogen (secondary N) is 2. The van der Waals surface area contributed by atoms with E-state index in [0.717, 1.165) is 5.56 Å². The topological polar surface area (TPSA) is 67.4 Å². The first-order chi connectivity index (χ1) is 10.2. The largest absolute Gasteiger partial charge is 0.456 e. The van der Waals surface area contributed by atoms with Crippen molar-refractivity contribution in [2.24, 2.45) is 0 Å². The minimum absolute atomic E-state index is 0.0141. The zero-order chi connectivity index (χ0) is 16.8. The molecule has 1 rings (SSSR count). The van der Waals surface area contributed by atoms with Crippen LogP contribution in [0, 0.1) is 0 Å². The van der Waals surface area contributed by atoms with E-state index in [1.807, 2.05) is 39.8 Å². The number of carbonyl (C=O) groups excluding carboxylic acids is 2. The second-order valence-electron chi connectivity index (χ2n) is 6.36. The van der Waals surface area contributed by atoms with Crippen LogP contribution in [0.25, 0.3) is 0 Å². The highest BCUT2D eigenvalue weighted by atomic mass is 16.6. The number of hydrogen-bond donors (Lipinski definition) is 2. The summed E-state index contributed by atoms with van der Waals surface area (Å²) in [6.45, 7) is 8.14. The SMILES string of the molecule is CNC(=O)CC(C)NCc1ccc(C(=O)OC(C)(C)C)cc1. The van der Waals surface area contributed by atoms with Gasteiger partial charge in [0.05, 0.1) is 5.56 Å². The second kappa shape index (κ2) is 7.94. The number of hydrogen-bond acceptors (Lipinski definition) is 4. The summed E-state index contributed by atoms with van der Waals surface area (Å²) in [5.74, 6) is -0.305. The van der Waals surface area contributed by atoms with Crippen molar-refractivity contribution in [2.75, 3.05) is 7.05 Å². The lowest BCUT2D eigenvalue weighted by atomic mass is 10.1. The molecule has 0 fully saturated rings. The molecule has 5 nitrogen and oxygen atoms in total. The highest BCUT2D eigenvalue weighted by Gasteiger charge is 2.17. The first-order valence-corrected chi connectivity index (χ1v) is 7.47. The number of rotatable bonds is 6. The molecule has 1 unspecified atom stereocenters. The fraction of sp³-hybridized carbons (Fsp3) is 0.529. The number of amides is 1. The fourth-order valence-electron chi connectivity index (χ4n) is 1.84. The lowest BCUT2D eigenvalue weighted by molar-refractivity contribution is -0.121. The van der Waals surface area contributed by atoms with Gasteiger partial charge >= 0.3 is 5.97 Å². The summed E-state index contributed by atoms with van der Waals surface area (Å²) >= 11 is 0. The van der Waals surface area contributed by atoms with Crippen molar-refractivity contribution in [3.05, 3.63) is 35.4 Å². The molecule has 0 spiro atoms. The number of esters is 1. The van der Waals surface area contributed by atoms with Crippen molar-refractivity contribution in [1.82, 2.24) is 10.6 Å². The van der Waals surface area contributed by atoms with Crippen molar-refractivity contribution < 1.29 is 14.3 Å². The van der Waals surface area contributed by atoms with Gasteiger partial charge < -0.3 is 15.4 Å². The monoisotopic (exact) mass is 306 g/mol. The molecule has 22 heavy (non-hydrogen) atoms. The lowest BCUT2D eigenvalue weighted by Crippen LogP contribution is -2.32. The van der Waals surface area contributed by atoms with Gasteiger partial charge in [0.15, 0.2) is 0 Å². The first-order valence-electron chi connectivity index (χ1n) is 7.47. The van der Waals surface area contributed by atoms with Crippen molar-refractivity contribution in [1.29, 1.82) is 0 Å². The molecule has 0 heterocycles. The Labute approximate surface area is 132 Å². The van der Waals surface area contributed by atoms with Gasteiger partial charge in [0, 0.05) is 26.1 Å². The van der Waals surface area contributed by atoms with E-state index < -0.39 is 5.60 Å². The van der Waals surface area contributed by atoms with Gasteiger partial charge in [0.1, 0.15) is 5.60 Å². The highest BCUT2D eigenvalue weighted by Crippen LogP contribution is 2.13. The van der Waals surface area contributed by atoms with Crippen LogP contribution in [0.5, 0.6) is 0 Å². The summed E-state index contributed by atoms with van der Waals surface area (Å²) in [4.78, 5) is 23.2. The van der Waals surface area contributed by atoms with Crippen LogP contribution < -0.4 is 10.6 Å². The Balaban J connectivity index is 2.51. The van der Waals surface area contributed by atoms with E-state index in [1.54, 1.807) is 19.2 Å². The van der Waals surface area contributed by atoms with Gasteiger partial charge in [-0.3, -0.25) is 4.79 Å². The Kier molecular flexibility index (Phi) is 6.56. The van der Waals surface area contributed by atoms with Crippen LogP contribution in [-0.4, -0.2) is 30.6 Å². The van der Waals surface area contributed by atoms with Crippen molar-refractivity contribution in [3.8, 4) is 0 Å². The Morgan fingerprint density at radius 2 is 1.77 bits per heavy atom. The number of carbonyl (C=O) groups is 2. The fourth-order valence-corrected chi connectivity index (χ4v) is 1.84. The van der Waals surface area contributed by atoms with E-state index in [-0.39, 0.29) is 17.9 Å². The van der Waals surface area contributed by atoms with Gasteiger partial charge in [0.2, 0.25) is 5.91 Å². The molecule has 0 aliphatic heterocycles. The van der Waals surface area contributed by atoms with Gasteiger partial charge in [-0.2, -0.15) is 0 Å². The molecule has 1 aromatic rings. The molecular weight excluding hydrogens is 280 g/mol. The van der Waals surface area contributed by atoms with Crippen LogP contribution in [0.3, 0.4) is 0 Å². The van der Waals surface area contributed by atoms with Gasteiger partial charge in [-0.15, -0.1) is 0 Å². The van der Waals surface area contributed by atoms with E-state index in [0.29, 0.717) is 18.5 Å². The smallest absolute Gasteiger partial charge is 0.338 e. The third-order valence-corrected chi connectivity index (χ3v) is 3.01. The predicted octanol–water partition coefficient (Wildman–Crippen LogP) is 2.26. The van der Waals surface area contributed by atoms with Crippen LogP contribution in [-0.2, 0) is 16.1 Å². The molecule has 1 aromatic carbocycles. The van der Waals surface area contributed by atoms with E-state index >= 15 is 0 Å². The summed E-state index contributed by atoms with van der Waals surface area (Å²) in [5, 5.41) is 5.88. The van der Waals surface area contributed by atoms with Gasteiger partial charge in [0.25, 0.3) is 0 Å². The second-order valence-corrected chi connectivity index (χ2v) is 6.36. The average molecular weight is 306 g/mol. The molecule has 0 aromatic heterocycles. The molecule has 122 valence electrons. The van der Waals surface area contributed by atoms with E-state index in [1.165, 1.54) is 0 Å². The van der Waals surface area contributed by atoms with E-state index in [4.69, 9.17) is 4.74 Å². The zero-order valence-electron chi connectivity index (χ0n) is 14.0. The summed E-state index contributed by atoms with van der Waals surface area (Å²) < 4.78 is 5.32. The minimum atomic E-state index is -0.493. The van der Waals surface area contributed by atoms with Crippen LogP contribution in [0.15, 0.2) is 24.3 Å².